The molecule has 0 amide bonds. The lowest BCUT2D eigenvalue weighted by molar-refractivity contribution is -0.385. The Morgan fingerprint density at radius 3 is 3.12 bits per heavy atom. The molecule has 1 fully saturated rings. The zero-order chi connectivity index (χ0) is 16.9. The minimum atomic E-state index is -0.393. The average Bonchev–Trinajstić information content (AvgIpc) is 3.06. The normalized spacial score (nSPS) is 18.5. The van der Waals surface area contributed by atoms with Crippen molar-refractivity contribution in [3.63, 3.8) is 0 Å². The number of aromatic nitrogens is 1. The summed E-state index contributed by atoms with van der Waals surface area (Å²) < 4.78 is 0. The first-order valence-corrected chi connectivity index (χ1v) is 9.09. The number of rotatable bonds is 6. The van der Waals surface area contributed by atoms with Crippen molar-refractivity contribution in [3.8, 4) is 0 Å². The molecule has 0 saturated carbocycles. The van der Waals surface area contributed by atoms with Gasteiger partial charge in [0.2, 0.25) is 0 Å². The quantitative estimate of drug-likeness (QED) is 0.638. The molecule has 0 radical (unpaired) electrons. The Morgan fingerprint density at radius 2 is 2.42 bits per heavy atom. The van der Waals surface area contributed by atoms with Crippen LogP contribution in [0.2, 0.25) is 0 Å². The topological polar surface area (TPSA) is 71.3 Å². The molecule has 1 unspecified atom stereocenters. The predicted molar refractivity (Wildman–Crippen MR) is 96.4 cm³/mol. The van der Waals surface area contributed by atoms with E-state index in [1.165, 1.54) is 23.9 Å². The first-order valence-electron chi connectivity index (χ1n) is 8.21. The third kappa shape index (κ3) is 4.30. The van der Waals surface area contributed by atoms with Gasteiger partial charge in [-0.3, -0.25) is 15.0 Å². The van der Waals surface area contributed by atoms with E-state index >= 15 is 0 Å². The first-order chi connectivity index (χ1) is 11.6. The van der Waals surface area contributed by atoms with Crippen LogP contribution in [0.15, 0.2) is 29.8 Å². The maximum absolute atomic E-state index is 10.8. The first kappa shape index (κ1) is 16.9. The zero-order valence-corrected chi connectivity index (χ0v) is 14.6. The van der Waals surface area contributed by atoms with Gasteiger partial charge >= 0.3 is 0 Å². The molecule has 2 aromatic rings. The zero-order valence-electron chi connectivity index (χ0n) is 13.8. The molecule has 0 aromatic carbocycles. The fourth-order valence-corrected chi connectivity index (χ4v) is 3.92. The van der Waals surface area contributed by atoms with E-state index in [0.717, 1.165) is 26.2 Å². The lowest BCUT2D eigenvalue weighted by atomic mass is 9.98. The lowest BCUT2D eigenvalue weighted by Gasteiger charge is -2.32. The number of hydrogen-bond acceptors (Lipinski definition) is 6. The third-order valence-corrected chi connectivity index (χ3v) is 5.28. The number of nitrogens with one attached hydrogen (secondary N) is 1. The Kier molecular flexibility index (Phi) is 5.42. The Morgan fingerprint density at radius 1 is 1.54 bits per heavy atom. The second-order valence-corrected chi connectivity index (χ2v) is 7.35. The molecule has 7 heteroatoms. The van der Waals surface area contributed by atoms with Crippen molar-refractivity contribution in [2.45, 2.75) is 26.3 Å². The van der Waals surface area contributed by atoms with Crippen molar-refractivity contribution in [2.75, 3.05) is 25.0 Å². The van der Waals surface area contributed by atoms with Crippen LogP contribution >= 0.6 is 11.3 Å². The van der Waals surface area contributed by atoms with E-state index in [-0.39, 0.29) is 5.69 Å². The highest BCUT2D eigenvalue weighted by Crippen LogP contribution is 2.22. The number of nitro groups is 1. The third-order valence-electron chi connectivity index (χ3n) is 4.41. The van der Waals surface area contributed by atoms with Crippen LogP contribution in [-0.2, 0) is 6.54 Å². The number of anilines is 1. The number of hydrogen-bond donors (Lipinski definition) is 1. The highest BCUT2D eigenvalue weighted by Gasteiger charge is 2.20. The van der Waals surface area contributed by atoms with Gasteiger partial charge in [0, 0.05) is 30.1 Å². The van der Waals surface area contributed by atoms with Crippen molar-refractivity contribution in [2.24, 2.45) is 5.92 Å². The molecule has 0 aliphatic carbocycles. The highest BCUT2D eigenvalue weighted by molar-refractivity contribution is 7.09. The highest BCUT2D eigenvalue weighted by atomic mass is 32.1. The maximum Gasteiger partial charge on any atom is 0.290 e. The van der Waals surface area contributed by atoms with E-state index in [4.69, 9.17) is 0 Å². The second kappa shape index (κ2) is 7.72. The summed E-state index contributed by atoms with van der Waals surface area (Å²) in [5.41, 5.74) is 0.709. The van der Waals surface area contributed by atoms with E-state index in [1.807, 2.05) is 11.3 Å². The molecular formula is C17H22N4O2S. The summed E-state index contributed by atoms with van der Waals surface area (Å²) >= 11 is 1.81. The standard InChI is InChI=1S/C17H22N4O2S/c1-13-8-17(19-10-16(13)21(22)23)18-9-14-4-2-6-20(11-14)12-15-5-3-7-24-15/h3,5,7-8,10,14H,2,4,6,9,11-12H2,1H3,(H,18,19). The molecule has 128 valence electrons. The molecule has 1 aliphatic heterocycles. The maximum atomic E-state index is 10.8. The second-order valence-electron chi connectivity index (χ2n) is 6.32. The number of piperidine rings is 1. The van der Waals surface area contributed by atoms with Crippen molar-refractivity contribution in [1.82, 2.24) is 9.88 Å². The predicted octanol–water partition coefficient (Wildman–Crippen LogP) is 3.68. The van der Waals surface area contributed by atoms with Gasteiger partial charge in [0.25, 0.3) is 5.69 Å². The summed E-state index contributed by atoms with van der Waals surface area (Å²) in [4.78, 5) is 18.5. The summed E-state index contributed by atoms with van der Waals surface area (Å²) in [5, 5.41) is 16.3. The molecule has 0 bridgehead atoms. The van der Waals surface area contributed by atoms with Crippen LogP contribution in [0.4, 0.5) is 11.5 Å². The van der Waals surface area contributed by atoms with Crippen LogP contribution < -0.4 is 5.32 Å². The molecule has 3 heterocycles. The summed E-state index contributed by atoms with van der Waals surface area (Å²) in [6.45, 7) is 5.86. The molecule has 1 saturated heterocycles. The number of nitrogens with zero attached hydrogens (tertiary/aromatic N) is 3. The van der Waals surface area contributed by atoms with Gasteiger partial charge < -0.3 is 5.32 Å². The summed E-state index contributed by atoms with van der Waals surface area (Å²) in [5.74, 6) is 1.30. The monoisotopic (exact) mass is 346 g/mol. The Bertz CT molecular complexity index is 690. The Hall–Kier alpha value is -1.99. The van der Waals surface area contributed by atoms with Crippen LogP contribution in [0.3, 0.4) is 0 Å². The van der Waals surface area contributed by atoms with E-state index in [1.54, 1.807) is 13.0 Å². The number of thiophene rings is 1. The van der Waals surface area contributed by atoms with E-state index < -0.39 is 4.92 Å². The molecule has 1 aliphatic rings. The van der Waals surface area contributed by atoms with Crippen LogP contribution in [0.5, 0.6) is 0 Å². The fraction of sp³-hybridized carbons (Fsp3) is 0.471. The Balaban J connectivity index is 1.52. The van der Waals surface area contributed by atoms with Gasteiger partial charge in [-0.05, 0) is 49.7 Å². The van der Waals surface area contributed by atoms with Crippen molar-refractivity contribution in [1.29, 1.82) is 0 Å². The largest absolute Gasteiger partial charge is 0.370 e. The van der Waals surface area contributed by atoms with E-state index in [9.17, 15) is 10.1 Å². The van der Waals surface area contributed by atoms with Crippen molar-refractivity contribution < 1.29 is 4.92 Å². The molecule has 6 nitrogen and oxygen atoms in total. The van der Waals surface area contributed by atoms with Crippen LogP contribution in [0.25, 0.3) is 0 Å². The van der Waals surface area contributed by atoms with Crippen LogP contribution in [0, 0.1) is 23.0 Å². The SMILES string of the molecule is Cc1cc(NCC2CCCN(Cc3cccs3)C2)ncc1[N+](=O)[O-]. The minimum Gasteiger partial charge on any atom is -0.370 e. The molecule has 0 spiro atoms. The fourth-order valence-electron chi connectivity index (χ4n) is 3.17. The Labute approximate surface area is 145 Å². The molecule has 1 atom stereocenters. The van der Waals surface area contributed by atoms with E-state index in [0.29, 0.717) is 17.3 Å². The number of pyridine rings is 1. The van der Waals surface area contributed by atoms with Gasteiger partial charge in [0.1, 0.15) is 12.0 Å². The number of aryl methyl sites for hydroxylation is 1. The summed E-state index contributed by atoms with van der Waals surface area (Å²) in [7, 11) is 0. The average molecular weight is 346 g/mol. The minimum absolute atomic E-state index is 0.0698. The van der Waals surface area contributed by atoms with Crippen molar-refractivity contribution in [3.05, 3.63) is 50.3 Å². The van der Waals surface area contributed by atoms with E-state index in [2.05, 4.69) is 32.7 Å². The molecule has 3 rings (SSSR count). The molecule has 24 heavy (non-hydrogen) atoms. The van der Waals surface area contributed by atoms with Gasteiger partial charge in [-0.2, -0.15) is 0 Å². The van der Waals surface area contributed by atoms with Gasteiger partial charge in [0.05, 0.1) is 4.92 Å². The van der Waals surface area contributed by atoms with Gasteiger partial charge in [0.15, 0.2) is 0 Å². The smallest absolute Gasteiger partial charge is 0.290 e. The molecule has 1 N–H and O–H groups in total. The van der Waals surface area contributed by atoms with Gasteiger partial charge in [-0.25, -0.2) is 4.98 Å². The number of likely N-dealkylation sites (tertiary alicyclic amines) is 1. The van der Waals surface area contributed by atoms with Crippen LogP contribution in [0.1, 0.15) is 23.3 Å². The lowest BCUT2D eigenvalue weighted by Crippen LogP contribution is -2.37. The molecular weight excluding hydrogens is 324 g/mol. The van der Waals surface area contributed by atoms with Gasteiger partial charge in [-0.15, -0.1) is 11.3 Å². The van der Waals surface area contributed by atoms with Gasteiger partial charge in [-0.1, -0.05) is 6.07 Å². The summed E-state index contributed by atoms with van der Waals surface area (Å²) in [6.07, 6.45) is 3.76. The van der Waals surface area contributed by atoms with Crippen molar-refractivity contribution >= 4 is 22.8 Å². The molecule has 2 aromatic heterocycles. The summed E-state index contributed by atoms with van der Waals surface area (Å²) in [6, 6.07) is 6.05. The van der Waals surface area contributed by atoms with Crippen LogP contribution in [-0.4, -0.2) is 34.4 Å².